The molecule has 8 heteroatoms. The van der Waals surface area contributed by atoms with Gasteiger partial charge in [0.15, 0.2) is 0 Å². The molecular weight excluding hydrogens is 244 g/mol. The summed E-state index contributed by atoms with van der Waals surface area (Å²) in [7, 11) is 0. The molecule has 2 N–H and O–H groups in total. The molecule has 17 heavy (non-hydrogen) atoms. The summed E-state index contributed by atoms with van der Waals surface area (Å²) < 4.78 is 3.57. The lowest BCUT2D eigenvalue weighted by atomic mass is 10.2. The van der Waals surface area contributed by atoms with Crippen LogP contribution in [0, 0.1) is 0 Å². The summed E-state index contributed by atoms with van der Waals surface area (Å²) in [5.41, 5.74) is -0.295. The molecule has 1 amide bonds. The van der Waals surface area contributed by atoms with Gasteiger partial charge in [-0.1, -0.05) is 4.49 Å². The van der Waals surface area contributed by atoms with Gasteiger partial charge in [-0.15, -0.1) is 5.10 Å². The Kier molecular flexibility index (Phi) is 3.06. The number of aromatic nitrogens is 3. The van der Waals surface area contributed by atoms with Crippen LogP contribution < -0.4 is 5.32 Å². The van der Waals surface area contributed by atoms with Gasteiger partial charge in [0.2, 0.25) is 0 Å². The maximum absolute atomic E-state index is 11.8. The smallest absolute Gasteiger partial charge is 0.338 e. The Morgan fingerprint density at radius 1 is 1.41 bits per heavy atom. The van der Waals surface area contributed by atoms with Crippen LogP contribution in [-0.4, -0.2) is 31.6 Å². The molecule has 0 radical (unpaired) electrons. The minimum absolute atomic E-state index is 0.145. The number of hydrogen-bond donors (Lipinski definition) is 2. The van der Waals surface area contributed by atoms with Crippen LogP contribution in [0.1, 0.15) is 20.8 Å². The maximum Gasteiger partial charge on any atom is 0.338 e. The second kappa shape index (κ2) is 4.66. The van der Waals surface area contributed by atoms with Crippen LogP contribution in [0.4, 0.5) is 5.00 Å². The number of nitrogens with zero attached hydrogens (tertiary/aromatic N) is 3. The molecule has 0 fully saturated rings. The van der Waals surface area contributed by atoms with E-state index in [0.717, 1.165) is 11.5 Å². The maximum atomic E-state index is 11.8. The van der Waals surface area contributed by atoms with Gasteiger partial charge in [0.05, 0.1) is 11.8 Å². The van der Waals surface area contributed by atoms with E-state index in [-0.39, 0.29) is 11.3 Å². The molecule has 0 saturated carbocycles. The third kappa shape index (κ3) is 2.42. The largest absolute Gasteiger partial charge is 0.478 e. The molecular formula is C9H6N4O3S. The lowest BCUT2D eigenvalue weighted by Crippen LogP contribution is -2.17. The number of nitrogens with one attached hydrogen (secondary N) is 1. The molecule has 0 aliphatic heterocycles. The molecule has 7 nitrogen and oxygen atoms in total. The second-order valence-electron chi connectivity index (χ2n) is 2.94. The Morgan fingerprint density at radius 2 is 2.24 bits per heavy atom. The summed E-state index contributed by atoms with van der Waals surface area (Å²) in [6.07, 6.45) is 2.72. The predicted octanol–water partition coefficient (Wildman–Crippen LogP) is 0.884. The zero-order valence-electron chi connectivity index (χ0n) is 8.32. The second-order valence-corrected chi connectivity index (χ2v) is 3.73. The summed E-state index contributed by atoms with van der Waals surface area (Å²) in [5, 5.41) is 15.3. The summed E-state index contributed by atoms with van der Waals surface area (Å²) in [5.74, 6) is -1.81. The highest BCUT2D eigenvalue weighted by molar-refractivity contribution is 7.10. The van der Waals surface area contributed by atoms with Crippen molar-refractivity contribution in [2.24, 2.45) is 0 Å². The first-order chi connectivity index (χ1) is 8.18. The fourth-order valence-corrected chi connectivity index (χ4v) is 1.57. The van der Waals surface area contributed by atoms with E-state index in [1.54, 1.807) is 0 Å². The summed E-state index contributed by atoms with van der Waals surface area (Å²) in [6, 6.07) is 2.77. The first kappa shape index (κ1) is 11.1. The van der Waals surface area contributed by atoms with Crippen molar-refractivity contribution in [2.45, 2.75) is 0 Å². The average Bonchev–Trinajstić information content (AvgIpc) is 2.81. The highest BCUT2D eigenvalue weighted by Gasteiger charge is 2.18. The third-order valence-corrected chi connectivity index (χ3v) is 2.43. The fourth-order valence-electron chi connectivity index (χ4n) is 1.15. The molecule has 0 bridgehead atoms. The van der Waals surface area contributed by atoms with E-state index in [0.29, 0.717) is 5.00 Å². The van der Waals surface area contributed by atoms with Crippen LogP contribution in [0.25, 0.3) is 0 Å². The molecule has 0 saturated heterocycles. The van der Waals surface area contributed by atoms with E-state index in [1.165, 1.54) is 24.5 Å². The van der Waals surface area contributed by atoms with E-state index in [9.17, 15) is 9.59 Å². The molecule has 0 spiro atoms. The number of carbonyl (C=O) groups is 2. The number of rotatable bonds is 3. The van der Waals surface area contributed by atoms with E-state index in [1.807, 2.05) is 0 Å². The SMILES string of the molecule is O=C(O)c1cccnc1C(=O)Nc1cnns1. The Morgan fingerprint density at radius 3 is 2.88 bits per heavy atom. The van der Waals surface area contributed by atoms with Gasteiger partial charge in [0.1, 0.15) is 10.7 Å². The Labute approximate surface area is 99.3 Å². The van der Waals surface area contributed by atoms with Crippen molar-refractivity contribution in [1.29, 1.82) is 0 Å². The highest BCUT2D eigenvalue weighted by atomic mass is 32.1. The third-order valence-electron chi connectivity index (χ3n) is 1.85. The molecule has 2 aromatic rings. The topological polar surface area (TPSA) is 105 Å². The minimum atomic E-state index is -1.20. The van der Waals surface area contributed by atoms with Gasteiger partial charge < -0.3 is 10.4 Å². The number of anilines is 1. The van der Waals surface area contributed by atoms with Gasteiger partial charge in [-0.2, -0.15) is 0 Å². The number of pyridine rings is 1. The molecule has 0 aliphatic rings. The van der Waals surface area contributed by atoms with Crippen LogP contribution in [0.3, 0.4) is 0 Å². The normalized spacial score (nSPS) is 9.88. The highest BCUT2D eigenvalue weighted by Crippen LogP contribution is 2.12. The lowest BCUT2D eigenvalue weighted by molar-refractivity contribution is 0.0691. The molecule has 0 aromatic carbocycles. The number of carboxylic acid groups (broad SMARTS) is 1. The zero-order chi connectivity index (χ0) is 12.3. The van der Waals surface area contributed by atoms with Gasteiger partial charge in [0, 0.05) is 17.7 Å². The first-order valence-electron chi connectivity index (χ1n) is 4.45. The van der Waals surface area contributed by atoms with Crippen molar-refractivity contribution < 1.29 is 14.7 Å². The molecule has 0 unspecified atom stereocenters. The molecule has 0 aliphatic carbocycles. The number of carboxylic acids is 1. The Bertz CT molecular complexity index is 555. The monoisotopic (exact) mass is 250 g/mol. The Hall–Kier alpha value is -2.35. The molecule has 0 atom stereocenters. The number of hydrogen-bond acceptors (Lipinski definition) is 6. The quantitative estimate of drug-likeness (QED) is 0.837. The number of aromatic carboxylic acids is 1. The fraction of sp³-hybridized carbons (Fsp3) is 0. The zero-order valence-corrected chi connectivity index (χ0v) is 9.14. The Balaban J connectivity index is 2.28. The minimum Gasteiger partial charge on any atom is -0.478 e. The molecule has 2 rings (SSSR count). The van der Waals surface area contributed by atoms with Crippen molar-refractivity contribution >= 4 is 28.4 Å². The van der Waals surface area contributed by atoms with Crippen LogP contribution in [0.2, 0.25) is 0 Å². The number of amides is 1. The van der Waals surface area contributed by atoms with E-state index >= 15 is 0 Å². The van der Waals surface area contributed by atoms with Gasteiger partial charge in [-0.25, -0.2) is 4.79 Å². The molecule has 86 valence electrons. The van der Waals surface area contributed by atoms with Gasteiger partial charge in [-0.05, 0) is 12.1 Å². The first-order valence-corrected chi connectivity index (χ1v) is 5.23. The average molecular weight is 250 g/mol. The molecule has 2 heterocycles. The van der Waals surface area contributed by atoms with Crippen LogP contribution in [0.15, 0.2) is 24.5 Å². The van der Waals surface area contributed by atoms with Gasteiger partial charge >= 0.3 is 5.97 Å². The summed E-state index contributed by atoms with van der Waals surface area (Å²) in [6.45, 7) is 0. The van der Waals surface area contributed by atoms with Crippen molar-refractivity contribution in [2.75, 3.05) is 5.32 Å². The van der Waals surface area contributed by atoms with Crippen molar-refractivity contribution in [3.05, 3.63) is 35.8 Å². The van der Waals surface area contributed by atoms with Crippen molar-refractivity contribution in [3.8, 4) is 0 Å². The van der Waals surface area contributed by atoms with Gasteiger partial charge in [0.25, 0.3) is 5.91 Å². The lowest BCUT2D eigenvalue weighted by Gasteiger charge is -2.03. The predicted molar refractivity (Wildman–Crippen MR) is 59.1 cm³/mol. The van der Waals surface area contributed by atoms with Crippen LogP contribution in [-0.2, 0) is 0 Å². The van der Waals surface area contributed by atoms with Gasteiger partial charge in [-0.3, -0.25) is 9.78 Å². The van der Waals surface area contributed by atoms with E-state index in [4.69, 9.17) is 5.11 Å². The standard InChI is InChI=1S/C9H6N4O3S/c14-8(12-6-4-11-13-17-6)7-5(9(15)16)2-1-3-10-7/h1-4H,(H,12,14)(H,15,16). The summed E-state index contributed by atoms with van der Waals surface area (Å²) in [4.78, 5) is 26.4. The number of carbonyl (C=O) groups excluding carboxylic acids is 1. The van der Waals surface area contributed by atoms with Crippen molar-refractivity contribution in [3.63, 3.8) is 0 Å². The van der Waals surface area contributed by atoms with E-state index in [2.05, 4.69) is 19.9 Å². The van der Waals surface area contributed by atoms with E-state index < -0.39 is 11.9 Å². The van der Waals surface area contributed by atoms with Crippen LogP contribution in [0.5, 0.6) is 0 Å². The summed E-state index contributed by atoms with van der Waals surface area (Å²) >= 11 is 0.992. The molecule has 2 aromatic heterocycles. The van der Waals surface area contributed by atoms with Crippen molar-refractivity contribution in [1.82, 2.24) is 14.6 Å². The van der Waals surface area contributed by atoms with Crippen LogP contribution >= 0.6 is 11.5 Å².